The summed E-state index contributed by atoms with van der Waals surface area (Å²) in [6, 6.07) is 8.24. The summed E-state index contributed by atoms with van der Waals surface area (Å²) in [6.07, 6.45) is 7.38. The molecule has 3 fully saturated rings. The number of fused-ring (bicyclic) bond motifs is 5. The molecule has 0 aliphatic heterocycles. The minimum Gasteiger partial charge on any atom is -0.494 e. The number of ether oxygens (including phenoxy) is 1. The Labute approximate surface area is 127 Å². The van der Waals surface area contributed by atoms with Crippen molar-refractivity contribution in [1.82, 2.24) is 0 Å². The molecule has 0 saturated heterocycles. The Balaban J connectivity index is 1.56. The van der Waals surface area contributed by atoms with E-state index in [1.54, 1.807) is 0 Å². The lowest BCUT2D eigenvalue weighted by atomic mass is 9.70. The van der Waals surface area contributed by atoms with Gasteiger partial charge in [-0.2, -0.15) is 0 Å². The van der Waals surface area contributed by atoms with Gasteiger partial charge in [0.15, 0.2) is 0 Å². The highest BCUT2D eigenvalue weighted by Crippen LogP contribution is 2.65. The van der Waals surface area contributed by atoms with Gasteiger partial charge in [0.25, 0.3) is 0 Å². The summed E-state index contributed by atoms with van der Waals surface area (Å²) < 4.78 is 5.66. The summed E-state index contributed by atoms with van der Waals surface area (Å²) in [5.74, 6) is 3.89. The maximum atomic E-state index is 11.3. The van der Waals surface area contributed by atoms with Crippen molar-refractivity contribution in [3.8, 4) is 5.75 Å². The van der Waals surface area contributed by atoms with Crippen molar-refractivity contribution in [3.63, 3.8) is 0 Å². The summed E-state index contributed by atoms with van der Waals surface area (Å²) in [4.78, 5) is 0. The molecule has 0 amide bonds. The molecule has 4 rings (SSSR count). The van der Waals surface area contributed by atoms with Crippen LogP contribution in [0.15, 0.2) is 24.3 Å². The highest BCUT2D eigenvalue weighted by Gasteiger charge is 2.60. The first-order valence-electron chi connectivity index (χ1n) is 8.68. The minimum atomic E-state index is -0.570. The van der Waals surface area contributed by atoms with Crippen LogP contribution in [0.3, 0.4) is 0 Å². The number of hydrogen-bond acceptors (Lipinski definition) is 2. The molecule has 0 radical (unpaired) electrons. The van der Waals surface area contributed by atoms with E-state index >= 15 is 0 Å². The summed E-state index contributed by atoms with van der Waals surface area (Å²) in [5, 5.41) is 11.3. The third-order valence-corrected chi connectivity index (χ3v) is 6.32. The van der Waals surface area contributed by atoms with Crippen LogP contribution in [0.5, 0.6) is 5.75 Å². The SMILES string of the molecule is CCCOc1ccc(C2(O)CC3CC2C2CCCC32)cc1. The zero-order valence-corrected chi connectivity index (χ0v) is 12.9. The highest BCUT2D eigenvalue weighted by molar-refractivity contribution is 5.33. The second kappa shape index (κ2) is 5.01. The molecule has 2 bridgehead atoms. The monoisotopic (exact) mass is 286 g/mol. The summed E-state index contributed by atoms with van der Waals surface area (Å²) in [5.41, 5.74) is 0.545. The molecule has 2 heteroatoms. The van der Waals surface area contributed by atoms with Crippen LogP contribution >= 0.6 is 0 Å². The number of benzene rings is 1. The van der Waals surface area contributed by atoms with Crippen LogP contribution in [0.2, 0.25) is 0 Å². The molecule has 0 spiro atoms. The van der Waals surface area contributed by atoms with Gasteiger partial charge < -0.3 is 9.84 Å². The molecule has 5 unspecified atom stereocenters. The first-order chi connectivity index (χ1) is 10.2. The van der Waals surface area contributed by atoms with Gasteiger partial charge in [0, 0.05) is 0 Å². The van der Waals surface area contributed by atoms with Crippen LogP contribution in [0.25, 0.3) is 0 Å². The van der Waals surface area contributed by atoms with E-state index in [1.807, 2.05) is 12.1 Å². The van der Waals surface area contributed by atoms with Gasteiger partial charge in [-0.1, -0.05) is 25.5 Å². The van der Waals surface area contributed by atoms with Crippen LogP contribution in [0, 0.1) is 23.7 Å². The predicted octanol–water partition coefficient (Wildman–Crippen LogP) is 4.12. The second-order valence-electron chi connectivity index (χ2n) is 7.36. The standard InChI is InChI=1S/C19H26O2/c1-2-10-21-15-8-6-14(7-9-15)19(20)12-13-11-18(19)17-5-3-4-16(13)17/h6-9,13,16-18,20H,2-5,10-12H2,1H3. The van der Waals surface area contributed by atoms with E-state index in [0.717, 1.165) is 48.5 Å². The van der Waals surface area contributed by atoms with Crippen molar-refractivity contribution < 1.29 is 9.84 Å². The normalized spacial score (nSPS) is 40.5. The molecule has 2 nitrogen and oxygen atoms in total. The van der Waals surface area contributed by atoms with Crippen LogP contribution in [-0.2, 0) is 5.60 Å². The van der Waals surface area contributed by atoms with E-state index < -0.39 is 5.60 Å². The lowest BCUT2D eigenvalue weighted by Gasteiger charge is -2.39. The molecule has 114 valence electrons. The average Bonchev–Trinajstić information content (AvgIpc) is 3.17. The fourth-order valence-corrected chi connectivity index (χ4v) is 5.50. The largest absolute Gasteiger partial charge is 0.494 e. The van der Waals surface area contributed by atoms with Gasteiger partial charge in [-0.3, -0.25) is 0 Å². The summed E-state index contributed by atoms with van der Waals surface area (Å²) in [6.45, 7) is 2.88. The molecule has 3 saturated carbocycles. The van der Waals surface area contributed by atoms with Crippen LogP contribution in [0.4, 0.5) is 0 Å². The fourth-order valence-electron chi connectivity index (χ4n) is 5.50. The molecule has 5 atom stereocenters. The molecular weight excluding hydrogens is 260 g/mol. The van der Waals surface area contributed by atoms with Crippen LogP contribution < -0.4 is 4.74 Å². The van der Waals surface area contributed by atoms with E-state index in [2.05, 4.69) is 19.1 Å². The van der Waals surface area contributed by atoms with Crippen molar-refractivity contribution in [2.24, 2.45) is 23.7 Å². The van der Waals surface area contributed by atoms with Crippen molar-refractivity contribution in [3.05, 3.63) is 29.8 Å². The maximum absolute atomic E-state index is 11.3. The Morgan fingerprint density at radius 3 is 2.71 bits per heavy atom. The lowest BCUT2D eigenvalue weighted by Crippen LogP contribution is -2.38. The Morgan fingerprint density at radius 1 is 1.19 bits per heavy atom. The van der Waals surface area contributed by atoms with Gasteiger partial charge in [0.2, 0.25) is 0 Å². The molecule has 0 aromatic heterocycles. The summed E-state index contributed by atoms with van der Waals surface area (Å²) >= 11 is 0. The van der Waals surface area contributed by atoms with Gasteiger partial charge in [-0.25, -0.2) is 0 Å². The molecule has 1 aromatic carbocycles. The Bertz CT molecular complexity index is 509. The molecule has 1 aromatic rings. The third-order valence-electron chi connectivity index (χ3n) is 6.32. The molecule has 3 aliphatic rings. The van der Waals surface area contributed by atoms with Crippen LogP contribution in [0.1, 0.15) is 51.0 Å². The van der Waals surface area contributed by atoms with Crippen molar-refractivity contribution in [2.75, 3.05) is 6.61 Å². The van der Waals surface area contributed by atoms with Gasteiger partial charge in [-0.15, -0.1) is 0 Å². The summed E-state index contributed by atoms with van der Waals surface area (Å²) in [7, 11) is 0. The Morgan fingerprint density at radius 2 is 1.95 bits per heavy atom. The number of aliphatic hydroxyl groups is 1. The van der Waals surface area contributed by atoms with E-state index in [9.17, 15) is 5.11 Å². The topological polar surface area (TPSA) is 29.5 Å². The first kappa shape index (κ1) is 13.6. The zero-order chi connectivity index (χ0) is 14.4. The Hall–Kier alpha value is -1.02. The van der Waals surface area contributed by atoms with Crippen molar-refractivity contribution in [1.29, 1.82) is 0 Å². The third kappa shape index (κ3) is 2.03. The van der Waals surface area contributed by atoms with E-state index in [4.69, 9.17) is 4.74 Å². The minimum absolute atomic E-state index is 0.498. The number of rotatable bonds is 4. The van der Waals surface area contributed by atoms with Crippen molar-refractivity contribution in [2.45, 2.75) is 51.0 Å². The number of hydrogen-bond donors (Lipinski definition) is 1. The molecule has 3 aliphatic carbocycles. The second-order valence-corrected chi connectivity index (χ2v) is 7.36. The molecular formula is C19H26O2. The van der Waals surface area contributed by atoms with Gasteiger partial charge in [0.05, 0.1) is 12.2 Å². The van der Waals surface area contributed by atoms with E-state index in [1.165, 1.54) is 25.7 Å². The van der Waals surface area contributed by atoms with Crippen molar-refractivity contribution >= 4 is 0 Å². The molecule has 1 N–H and O–H groups in total. The van der Waals surface area contributed by atoms with E-state index in [0.29, 0.717) is 5.92 Å². The van der Waals surface area contributed by atoms with Gasteiger partial charge in [-0.05, 0) is 73.5 Å². The first-order valence-corrected chi connectivity index (χ1v) is 8.68. The van der Waals surface area contributed by atoms with Crippen LogP contribution in [-0.4, -0.2) is 11.7 Å². The lowest BCUT2D eigenvalue weighted by molar-refractivity contribution is -0.0512. The van der Waals surface area contributed by atoms with Gasteiger partial charge in [0.1, 0.15) is 5.75 Å². The zero-order valence-electron chi connectivity index (χ0n) is 12.9. The molecule has 0 heterocycles. The fraction of sp³-hybridized carbons (Fsp3) is 0.684. The predicted molar refractivity (Wildman–Crippen MR) is 83.2 cm³/mol. The smallest absolute Gasteiger partial charge is 0.119 e. The van der Waals surface area contributed by atoms with E-state index in [-0.39, 0.29) is 0 Å². The molecule has 21 heavy (non-hydrogen) atoms. The van der Waals surface area contributed by atoms with Gasteiger partial charge >= 0.3 is 0 Å². The maximum Gasteiger partial charge on any atom is 0.119 e. The quantitative estimate of drug-likeness (QED) is 0.902. The average molecular weight is 286 g/mol. The Kier molecular flexibility index (Phi) is 3.25. The highest BCUT2D eigenvalue weighted by atomic mass is 16.5.